The summed E-state index contributed by atoms with van der Waals surface area (Å²) < 4.78 is 25.2. The Hall–Kier alpha value is -2.85. The van der Waals surface area contributed by atoms with Crippen molar-refractivity contribution in [3.8, 4) is 6.07 Å². The second-order valence-corrected chi connectivity index (χ2v) is 7.13. The third-order valence-corrected chi connectivity index (χ3v) is 4.60. The predicted molar refractivity (Wildman–Crippen MR) is 93.2 cm³/mol. The fourth-order valence-corrected chi connectivity index (χ4v) is 3.00. The molecule has 0 aliphatic carbocycles. The van der Waals surface area contributed by atoms with Crippen LogP contribution in [0.2, 0.25) is 0 Å². The average molecular weight is 343 g/mol. The van der Waals surface area contributed by atoms with Crippen LogP contribution in [0.15, 0.2) is 54.6 Å². The van der Waals surface area contributed by atoms with E-state index in [-0.39, 0.29) is 18.1 Å². The molecule has 0 bridgehead atoms. The van der Waals surface area contributed by atoms with E-state index in [4.69, 9.17) is 5.26 Å². The normalized spacial score (nSPS) is 10.7. The van der Waals surface area contributed by atoms with Crippen molar-refractivity contribution in [1.29, 1.82) is 5.26 Å². The minimum absolute atomic E-state index is 0.284. The number of anilines is 2. The maximum Gasteiger partial charge on any atom is 0.247 e. The molecule has 1 amide bonds. The predicted octanol–water partition coefficient (Wildman–Crippen LogP) is 1.99. The number of nitriles is 1. The first-order valence-corrected chi connectivity index (χ1v) is 8.97. The van der Waals surface area contributed by atoms with Crippen LogP contribution in [0, 0.1) is 11.3 Å². The molecule has 7 heteroatoms. The van der Waals surface area contributed by atoms with Gasteiger partial charge in [-0.05, 0) is 30.3 Å². The standard InChI is InChI=1S/C17H17N3O3S/c1-19(15-8-4-3-5-9-15)17(21)13-20(24(2,22)23)16-10-6-7-14(11-16)12-18/h3-11H,13H2,1-2H3. The van der Waals surface area contributed by atoms with Gasteiger partial charge >= 0.3 is 0 Å². The Kier molecular flexibility index (Phi) is 5.21. The fraction of sp³-hybridized carbons (Fsp3) is 0.176. The Labute approximate surface area is 141 Å². The van der Waals surface area contributed by atoms with E-state index in [1.54, 1.807) is 49.5 Å². The number of sulfonamides is 1. The van der Waals surface area contributed by atoms with Crippen molar-refractivity contribution in [2.75, 3.05) is 29.1 Å². The zero-order valence-electron chi connectivity index (χ0n) is 13.4. The monoisotopic (exact) mass is 343 g/mol. The van der Waals surface area contributed by atoms with E-state index in [2.05, 4.69) is 0 Å². The molecule has 2 rings (SSSR count). The molecule has 2 aromatic rings. The van der Waals surface area contributed by atoms with Gasteiger partial charge in [-0.3, -0.25) is 9.10 Å². The number of carbonyl (C=O) groups excluding carboxylic acids is 1. The summed E-state index contributed by atoms with van der Waals surface area (Å²) in [5.41, 5.74) is 1.28. The minimum Gasteiger partial charge on any atom is -0.314 e. The van der Waals surface area contributed by atoms with Gasteiger partial charge in [0.2, 0.25) is 15.9 Å². The van der Waals surface area contributed by atoms with Gasteiger partial charge in [0.25, 0.3) is 0 Å². The van der Waals surface area contributed by atoms with Crippen LogP contribution >= 0.6 is 0 Å². The number of hydrogen-bond donors (Lipinski definition) is 0. The van der Waals surface area contributed by atoms with Crippen LogP contribution in [0.25, 0.3) is 0 Å². The highest BCUT2D eigenvalue weighted by Gasteiger charge is 2.23. The van der Waals surface area contributed by atoms with Crippen molar-refractivity contribution in [2.24, 2.45) is 0 Å². The summed E-state index contributed by atoms with van der Waals surface area (Å²) in [6, 6.07) is 17.1. The third-order valence-electron chi connectivity index (χ3n) is 3.46. The van der Waals surface area contributed by atoms with Crippen LogP contribution in [-0.2, 0) is 14.8 Å². The van der Waals surface area contributed by atoms with Crippen LogP contribution in [0.4, 0.5) is 11.4 Å². The van der Waals surface area contributed by atoms with Crippen LogP contribution in [-0.4, -0.2) is 34.2 Å². The molecule has 0 aliphatic heterocycles. The van der Waals surface area contributed by atoms with E-state index in [9.17, 15) is 13.2 Å². The second-order valence-electron chi connectivity index (χ2n) is 5.22. The Morgan fingerprint density at radius 2 is 1.71 bits per heavy atom. The molecule has 0 spiro atoms. The number of rotatable bonds is 5. The lowest BCUT2D eigenvalue weighted by Crippen LogP contribution is -2.41. The van der Waals surface area contributed by atoms with Gasteiger partial charge in [-0.2, -0.15) is 5.26 Å². The van der Waals surface area contributed by atoms with Crippen LogP contribution in [0.1, 0.15) is 5.56 Å². The number of hydrogen-bond acceptors (Lipinski definition) is 4. The van der Waals surface area contributed by atoms with Crippen molar-refractivity contribution in [3.05, 3.63) is 60.2 Å². The molecule has 0 unspecified atom stereocenters. The maximum atomic E-state index is 12.5. The van der Waals surface area contributed by atoms with Crippen LogP contribution < -0.4 is 9.21 Å². The molecule has 0 radical (unpaired) electrons. The zero-order valence-corrected chi connectivity index (χ0v) is 14.2. The topological polar surface area (TPSA) is 81.5 Å². The first-order chi connectivity index (χ1) is 11.3. The molecular formula is C17H17N3O3S. The van der Waals surface area contributed by atoms with Gasteiger partial charge in [-0.15, -0.1) is 0 Å². The molecule has 6 nitrogen and oxygen atoms in total. The smallest absolute Gasteiger partial charge is 0.247 e. The molecule has 24 heavy (non-hydrogen) atoms. The second kappa shape index (κ2) is 7.15. The van der Waals surface area contributed by atoms with Gasteiger partial charge in [0.15, 0.2) is 0 Å². The Morgan fingerprint density at radius 3 is 2.29 bits per heavy atom. The van der Waals surface area contributed by atoms with Crippen molar-refractivity contribution in [1.82, 2.24) is 0 Å². The number of likely N-dealkylation sites (N-methyl/N-ethyl adjacent to an activating group) is 1. The summed E-state index contributed by atoms with van der Waals surface area (Å²) in [7, 11) is -2.09. The van der Waals surface area contributed by atoms with Crippen molar-refractivity contribution < 1.29 is 13.2 Å². The highest BCUT2D eigenvalue weighted by molar-refractivity contribution is 7.92. The van der Waals surface area contributed by atoms with E-state index >= 15 is 0 Å². The quantitative estimate of drug-likeness (QED) is 0.831. The molecule has 0 fully saturated rings. The van der Waals surface area contributed by atoms with Crippen molar-refractivity contribution in [2.45, 2.75) is 0 Å². The molecule has 0 aliphatic rings. The fourth-order valence-electron chi connectivity index (χ4n) is 2.16. The molecule has 0 atom stereocenters. The first-order valence-electron chi connectivity index (χ1n) is 7.12. The summed E-state index contributed by atoms with van der Waals surface area (Å²) in [5.74, 6) is -0.381. The molecule has 124 valence electrons. The zero-order chi connectivity index (χ0) is 17.7. The van der Waals surface area contributed by atoms with Gasteiger partial charge in [0, 0.05) is 12.7 Å². The molecule has 0 aromatic heterocycles. The van der Waals surface area contributed by atoms with Crippen LogP contribution in [0.3, 0.4) is 0 Å². The largest absolute Gasteiger partial charge is 0.314 e. The molecule has 2 aromatic carbocycles. The molecule has 0 N–H and O–H groups in total. The summed E-state index contributed by atoms with van der Waals surface area (Å²) in [5, 5.41) is 8.97. The summed E-state index contributed by atoms with van der Waals surface area (Å²) in [6.45, 7) is -0.348. The van der Waals surface area contributed by atoms with Gasteiger partial charge in [-0.25, -0.2) is 8.42 Å². The molecule has 0 saturated heterocycles. The number of para-hydroxylation sites is 1. The lowest BCUT2D eigenvalue weighted by Gasteiger charge is -2.25. The molecular weight excluding hydrogens is 326 g/mol. The number of amides is 1. The van der Waals surface area contributed by atoms with E-state index < -0.39 is 10.0 Å². The maximum absolute atomic E-state index is 12.5. The lowest BCUT2D eigenvalue weighted by atomic mass is 10.2. The summed E-state index contributed by atoms with van der Waals surface area (Å²) >= 11 is 0. The molecule has 0 heterocycles. The van der Waals surface area contributed by atoms with Crippen LogP contribution in [0.5, 0.6) is 0 Å². The van der Waals surface area contributed by atoms with Gasteiger partial charge in [-0.1, -0.05) is 24.3 Å². The number of carbonyl (C=O) groups is 1. The lowest BCUT2D eigenvalue weighted by molar-refractivity contribution is -0.116. The summed E-state index contributed by atoms with van der Waals surface area (Å²) in [6.07, 6.45) is 1.03. The van der Waals surface area contributed by atoms with Crippen molar-refractivity contribution >= 4 is 27.3 Å². The average Bonchev–Trinajstić information content (AvgIpc) is 2.58. The van der Waals surface area contributed by atoms with Gasteiger partial charge in [0.1, 0.15) is 6.54 Å². The Morgan fingerprint density at radius 1 is 1.08 bits per heavy atom. The highest BCUT2D eigenvalue weighted by Crippen LogP contribution is 2.20. The van der Waals surface area contributed by atoms with E-state index in [1.165, 1.54) is 11.0 Å². The Bertz CT molecular complexity index is 873. The number of benzene rings is 2. The third kappa shape index (κ3) is 4.12. The van der Waals surface area contributed by atoms with E-state index in [1.807, 2.05) is 12.1 Å². The SMILES string of the molecule is CN(C(=O)CN(c1cccc(C#N)c1)S(C)(=O)=O)c1ccccc1. The van der Waals surface area contributed by atoms with Gasteiger partial charge < -0.3 is 4.90 Å². The molecule has 0 saturated carbocycles. The minimum atomic E-state index is -3.68. The van der Waals surface area contributed by atoms with Gasteiger partial charge in [0.05, 0.1) is 23.6 Å². The van der Waals surface area contributed by atoms with E-state index in [0.29, 0.717) is 11.3 Å². The number of nitrogens with zero attached hydrogens (tertiary/aromatic N) is 3. The first kappa shape index (κ1) is 17.5. The Balaban J connectivity index is 2.30. The summed E-state index contributed by atoms with van der Waals surface area (Å²) in [4.78, 5) is 13.9. The highest BCUT2D eigenvalue weighted by atomic mass is 32.2. The van der Waals surface area contributed by atoms with Crippen molar-refractivity contribution in [3.63, 3.8) is 0 Å². The van der Waals surface area contributed by atoms with E-state index in [0.717, 1.165) is 10.6 Å².